The van der Waals surface area contributed by atoms with E-state index in [4.69, 9.17) is 0 Å². The summed E-state index contributed by atoms with van der Waals surface area (Å²) in [4.78, 5) is 4.44. The SMILES string of the molecule is Cc1nc2ccc(NCc3cccc(O)c3)cc2s1. The lowest BCUT2D eigenvalue weighted by molar-refractivity contribution is 0.474. The normalized spacial score (nSPS) is 10.8. The second-order valence-electron chi connectivity index (χ2n) is 4.44. The number of hydrogen-bond donors (Lipinski definition) is 2. The summed E-state index contributed by atoms with van der Waals surface area (Å²) < 4.78 is 1.19. The highest BCUT2D eigenvalue weighted by molar-refractivity contribution is 7.18. The summed E-state index contributed by atoms with van der Waals surface area (Å²) in [7, 11) is 0. The molecule has 0 aliphatic heterocycles. The van der Waals surface area contributed by atoms with Gasteiger partial charge in [0.05, 0.1) is 15.2 Å². The molecule has 2 aromatic carbocycles. The maximum Gasteiger partial charge on any atom is 0.115 e. The molecule has 96 valence electrons. The highest BCUT2D eigenvalue weighted by Gasteiger charge is 2.02. The van der Waals surface area contributed by atoms with E-state index >= 15 is 0 Å². The number of phenols is 1. The van der Waals surface area contributed by atoms with Crippen LogP contribution in [0.5, 0.6) is 5.75 Å². The Hall–Kier alpha value is -2.07. The fourth-order valence-corrected chi connectivity index (χ4v) is 2.89. The van der Waals surface area contributed by atoms with Crippen LogP contribution in [0.4, 0.5) is 5.69 Å². The van der Waals surface area contributed by atoms with Gasteiger partial charge in [0.1, 0.15) is 5.75 Å². The van der Waals surface area contributed by atoms with Gasteiger partial charge in [-0.3, -0.25) is 0 Å². The summed E-state index contributed by atoms with van der Waals surface area (Å²) in [6, 6.07) is 13.5. The van der Waals surface area contributed by atoms with Gasteiger partial charge >= 0.3 is 0 Å². The lowest BCUT2D eigenvalue weighted by Gasteiger charge is -2.06. The van der Waals surface area contributed by atoms with Crippen LogP contribution >= 0.6 is 11.3 Å². The molecule has 3 aromatic rings. The van der Waals surface area contributed by atoms with Gasteiger partial charge in [0.15, 0.2) is 0 Å². The lowest BCUT2D eigenvalue weighted by atomic mass is 10.2. The molecule has 0 aliphatic carbocycles. The molecule has 0 saturated carbocycles. The Labute approximate surface area is 115 Å². The van der Waals surface area contributed by atoms with Crippen molar-refractivity contribution in [1.82, 2.24) is 4.98 Å². The minimum absolute atomic E-state index is 0.299. The van der Waals surface area contributed by atoms with Crippen LogP contribution in [0.1, 0.15) is 10.6 Å². The van der Waals surface area contributed by atoms with E-state index in [0.717, 1.165) is 21.8 Å². The zero-order chi connectivity index (χ0) is 13.2. The maximum atomic E-state index is 9.42. The largest absolute Gasteiger partial charge is 0.508 e. The van der Waals surface area contributed by atoms with Crippen molar-refractivity contribution in [2.45, 2.75) is 13.5 Å². The number of rotatable bonds is 3. The Bertz CT molecular complexity index is 721. The molecular formula is C15H14N2OS. The summed E-state index contributed by atoms with van der Waals surface area (Å²) in [5.74, 6) is 0.299. The van der Waals surface area contributed by atoms with E-state index in [0.29, 0.717) is 12.3 Å². The van der Waals surface area contributed by atoms with Gasteiger partial charge < -0.3 is 10.4 Å². The first-order chi connectivity index (χ1) is 9.20. The summed E-state index contributed by atoms with van der Waals surface area (Å²) in [5.41, 5.74) is 3.17. The van der Waals surface area contributed by atoms with Gasteiger partial charge in [-0.05, 0) is 42.8 Å². The van der Waals surface area contributed by atoms with Gasteiger partial charge in [0.25, 0.3) is 0 Å². The van der Waals surface area contributed by atoms with E-state index in [1.807, 2.05) is 31.2 Å². The van der Waals surface area contributed by atoms with Crippen molar-refractivity contribution in [1.29, 1.82) is 0 Å². The lowest BCUT2D eigenvalue weighted by Crippen LogP contribution is -1.98. The summed E-state index contributed by atoms with van der Waals surface area (Å²) in [6.45, 7) is 2.71. The molecule has 4 heteroatoms. The van der Waals surface area contributed by atoms with Gasteiger partial charge in [-0.1, -0.05) is 12.1 Å². The number of thiazole rings is 1. The number of anilines is 1. The Morgan fingerprint density at radius 3 is 2.95 bits per heavy atom. The summed E-state index contributed by atoms with van der Waals surface area (Å²) in [5, 5.41) is 13.9. The van der Waals surface area contributed by atoms with Gasteiger partial charge in [0.2, 0.25) is 0 Å². The van der Waals surface area contributed by atoms with Crippen molar-refractivity contribution < 1.29 is 5.11 Å². The number of phenolic OH excluding ortho intramolecular Hbond substituents is 1. The second kappa shape index (κ2) is 4.90. The molecule has 2 N–H and O–H groups in total. The number of nitrogens with zero attached hydrogens (tertiary/aromatic N) is 1. The van der Waals surface area contributed by atoms with Crippen LogP contribution in [-0.4, -0.2) is 10.1 Å². The molecule has 19 heavy (non-hydrogen) atoms. The minimum atomic E-state index is 0.299. The Balaban J connectivity index is 1.78. The molecule has 0 spiro atoms. The van der Waals surface area contributed by atoms with Crippen molar-refractivity contribution in [2.24, 2.45) is 0 Å². The van der Waals surface area contributed by atoms with Crippen molar-refractivity contribution in [3.05, 3.63) is 53.0 Å². The molecule has 1 aromatic heterocycles. The first kappa shape index (κ1) is 12.0. The minimum Gasteiger partial charge on any atom is -0.508 e. The highest BCUT2D eigenvalue weighted by atomic mass is 32.1. The number of fused-ring (bicyclic) bond motifs is 1. The Morgan fingerprint density at radius 1 is 1.21 bits per heavy atom. The number of nitrogens with one attached hydrogen (secondary N) is 1. The van der Waals surface area contributed by atoms with E-state index in [1.165, 1.54) is 4.70 Å². The van der Waals surface area contributed by atoms with Crippen LogP contribution in [0.2, 0.25) is 0 Å². The van der Waals surface area contributed by atoms with Gasteiger partial charge in [-0.25, -0.2) is 4.98 Å². The maximum absolute atomic E-state index is 9.42. The summed E-state index contributed by atoms with van der Waals surface area (Å²) >= 11 is 1.70. The molecule has 3 nitrogen and oxygen atoms in total. The predicted molar refractivity (Wildman–Crippen MR) is 79.8 cm³/mol. The average molecular weight is 270 g/mol. The quantitative estimate of drug-likeness (QED) is 0.758. The van der Waals surface area contributed by atoms with Crippen LogP contribution in [0, 0.1) is 6.92 Å². The monoisotopic (exact) mass is 270 g/mol. The van der Waals surface area contributed by atoms with Crippen molar-refractivity contribution in [3.8, 4) is 5.75 Å². The van der Waals surface area contributed by atoms with E-state index in [1.54, 1.807) is 23.5 Å². The number of aromatic nitrogens is 1. The van der Waals surface area contributed by atoms with Crippen LogP contribution in [0.3, 0.4) is 0 Å². The Morgan fingerprint density at radius 2 is 2.11 bits per heavy atom. The van der Waals surface area contributed by atoms with Gasteiger partial charge in [-0.15, -0.1) is 11.3 Å². The van der Waals surface area contributed by atoms with E-state index < -0.39 is 0 Å². The fourth-order valence-electron chi connectivity index (χ4n) is 2.02. The molecule has 0 radical (unpaired) electrons. The first-order valence-electron chi connectivity index (χ1n) is 6.10. The molecular weight excluding hydrogens is 256 g/mol. The third-order valence-electron chi connectivity index (χ3n) is 2.90. The van der Waals surface area contributed by atoms with Crippen LogP contribution < -0.4 is 5.32 Å². The third kappa shape index (κ3) is 2.69. The van der Waals surface area contributed by atoms with E-state index in [2.05, 4.69) is 16.4 Å². The van der Waals surface area contributed by atoms with Crippen LogP contribution in [0.15, 0.2) is 42.5 Å². The zero-order valence-electron chi connectivity index (χ0n) is 10.6. The fraction of sp³-hybridized carbons (Fsp3) is 0.133. The van der Waals surface area contributed by atoms with Crippen molar-refractivity contribution in [2.75, 3.05) is 5.32 Å². The van der Waals surface area contributed by atoms with E-state index in [9.17, 15) is 5.11 Å². The molecule has 3 rings (SSSR count). The molecule has 0 amide bonds. The van der Waals surface area contributed by atoms with Crippen molar-refractivity contribution in [3.63, 3.8) is 0 Å². The number of aryl methyl sites for hydroxylation is 1. The Kier molecular flexibility index (Phi) is 3.09. The zero-order valence-corrected chi connectivity index (χ0v) is 11.4. The van der Waals surface area contributed by atoms with Gasteiger partial charge in [-0.2, -0.15) is 0 Å². The average Bonchev–Trinajstić information content (AvgIpc) is 2.75. The number of benzene rings is 2. The molecule has 0 aliphatic rings. The molecule has 0 unspecified atom stereocenters. The standard InChI is InChI=1S/C15H14N2OS/c1-10-17-14-6-5-12(8-15(14)19-10)16-9-11-3-2-4-13(18)7-11/h2-8,16,18H,9H2,1H3. The summed E-state index contributed by atoms with van der Waals surface area (Å²) in [6.07, 6.45) is 0. The molecule has 0 bridgehead atoms. The van der Waals surface area contributed by atoms with Crippen LogP contribution in [-0.2, 0) is 6.54 Å². The smallest absolute Gasteiger partial charge is 0.115 e. The number of hydrogen-bond acceptors (Lipinski definition) is 4. The van der Waals surface area contributed by atoms with Gasteiger partial charge in [0, 0.05) is 12.2 Å². The van der Waals surface area contributed by atoms with Crippen LogP contribution in [0.25, 0.3) is 10.2 Å². The molecule has 1 heterocycles. The predicted octanol–water partition coefficient (Wildman–Crippen LogP) is 3.92. The topological polar surface area (TPSA) is 45.2 Å². The van der Waals surface area contributed by atoms with Crippen molar-refractivity contribution >= 4 is 27.2 Å². The highest BCUT2D eigenvalue weighted by Crippen LogP contribution is 2.25. The van der Waals surface area contributed by atoms with E-state index in [-0.39, 0.29) is 0 Å². The second-order valence-corrected chi connectivity index (χ2v) is 5.67. The number of aromatic hydroxyl groups is 1. The molecule has 0 fully saturated rings. The first-order valence-corrected chi connectivity index (χ1v) is 6.91. The molecule has 0 saturated heterocycles. The molecule has 0 atom stereocenters. The third-order valence-corrected chi connectivity index (χ3v) is 3.84.